The van der Waals surface area contributed by atoms with Crippen LogP contribution in [0, 0.1) is 11.3 Å². The summed E-state index contributed by atoms with van der Waals surface area (Å²) in [5, 5.41) is 33.5. The number of nitrogens with two attached hydrogens (primary N) is 1. The maximum Gasteiger partial charge on any atom is 0.238 e. The zero-order valence-electron chi connectivity index (χ0n) is 17.1. The second-order valence-corrected chi connectivity index (χ2v) is 10.2. The number of nitrogens with one attached hydrogen (secondary N) is 2. The largest absolute Gasteiger partial charge is 0.388 e. The summed E-state index contributed by atoms with van der Waals surface area (Å²) in [6.07, 6.45) is 3.96. The van der Waals surface area contributed by atoms with Gasteiger partial charge in [-0.15, -0.1) is 11.3 Å². The first-order valence-electron chi connectivity index (χ1n) is 9.77. The molecule has 0 radical (unpaired) electrons. The lowest BCUT2D eigenvalue weighted by molar-refractivity contribution is 0.0577. The normalized spacial score (nSPS) is 20.6. The van der Waals surface area contributed by atoms with Crippen LogP contribution in [-0.2, 0) is 10.0 Å². The molecule has 1 fully saturated rings. The van der Waals surface area contributed by atoms with Crippen LogP contribution in [-0.4, -0.2) is 40.1 Å². The maximum absolute atomic E-state index is 11.4. The van der Waals surface area contributed by atoms with E-state index in [4.69, 9.17) is 10.4 Å². The van der Waals surface area contributed by atoms with Crippen molar-refractivity contribution in [2.75, 3.05) is 10.6 Å². The van der Waals surface area contributed by atoms with Crippen LogP contribution in [0.25, 0.3) is 10.6 Å². The van der Waals surface area contributed by atoms with Crippen LogP contribution >= 0.6 is 11.3 Å². The number of nitriles is 1. The van der Waals surface area contributed by atoms with Gasteiger partial charge in [-0.05, 0) is 50.5 Å². The number of nitrogens with zero attached hydrogens (tertiary/aromatic N) is 4. The maximum atomic E-state index is 11.4. The van der Waals surface area contributed by atoms with Gasteiger partial charge in [0.25, 0.3) is 0 Å². The van der Waals surface area contributed by atoms with Crippen molar-refractivity contribution in [3.05, 3.63) is 41.5 Å². The van der Waals surface area contributed by atoms with Gasteiger partial charge in [-0.2, -0.15) is 10.2 Å². The van der Waals surface area contributed by atoms with Gasteiger partial charge in [0.2, 0.25) is 16.0 Å². The van der Waals surface area contributed by atoms with Gasteiger partial charge < -0.3 is 15.7 Å². The summed E-state index contributed by atoms with van der Waals surface area (Å²) in [6, 6.07) is 7.72. The second kappa shape index (κ2) is 8.44. The molecule has 5 N–H and O–H groups in total. The van der Waals surface area contributed by atoms with Crippen molar-refractivity contribution in [3.8, 4) is 16.6 Å². The molecular weight excluding hydrogens is 450 g/mol. The van der Waals surface area contributed by atoms with Crippen molar-refractivity contribution >= 4 is 38.8 Å². The molecule has 1 saturated carbocycles. The summed E-state index contributed by atoms with van der Waals surface area (Å²) in [4.78, 5) is 13.2. The summed E-state index contributed by atoms with van der Waals surface area (Å²) in [5.41, 5.74) is 0.625. The molecule has 166 valence electrons. The molecule has 1 aliphatic carbocycles. The van der Waals surface area contributed by atoms with Crippen molar-refractivity contribution in [1.29, 1.82) is 5.26 Å². The van der Waals surface area contributed by atoms with Crippen molar-refractivity contribution < 1.29 is 13.5 Å². The Morgan fingerprint density at radius 3 is 2.66 bits per heavy atom. The minimum absolute atomic E-state index is 0.00204. The van der Waals surface area contributed by atoms with E-state index in [-0.39, 0.29) is 16.9 Å². The third kappa shape index (κ3) is 4.71. The van der Waals surface area contributed by atoms with E-state index in [1.165, 1.54) is 23.5 Å². The SMILES string of the molecule is C[C@@]1(O)CCC[C@H]1Nc1nc(Nc2ccc(S(N)(=O)=O)cc2)ncc1-c1nc(C#N)cs1. The quantitative estimate of drug-likeness (QED) is 0.422. The number of sulfonamides is 1. The van der Waals surface area contributed by atoms with Crippen LogP contribution < -0.4 is 15.8 Å². The van der Waals surface area contributed by atoms with Gasteiger partial charge in [-0.3, -0.25) is 0 Å². The van der Waals surface area contributed by atoms with Crippen molar-refractivity contribution in [1.82, 2.24) is 15.0 Å². The lowest BCUT2D eigenvalue weighted by atomic mass is 10.0. The number of aromatic nitrogens is 3. The highest BCUT2D eigenvalue weighted by Gasteiger charge is 2.37. The zero-order valence-corrected chi connectivity index (χ0v) is 18.7. The van der Waals surface area contributed by atoms with Gasteiger partial charge in [-0.1, -0.05) is 0 Å². The highest BCUT2D eigenvalue weighted by Crippen LogP contribution is 2.35. The Balaban J connectivity index is 1.66. The highest BCUT2D eigenvalue weighted by molar-refractivity contribution is 7.89. The van der Waals surface area contributed by atoms with Gasteiger partial charge >= 0.3 is 0 Å². The average Bonchev–Trinajstić information content (AvgIpc) is 3.34. The standard InChI is InChI=1S/C20H21N7O3S2/c1-20(28)8-2-3-16(20)26-17-15(18-24-13(9-21)11-31-18)10-23-19(27-17)25-12-4-6-14(7-5-12)32(22,29)30/h4-7,10-11,16,28H,2-3,8H2,1H3,(H2,22,29,30)(H2,23,25,26,27)/t16-,20-/m1/s1. The third-order valence-electron chi connectivity index (χ3n) is 5.31. The predicted octanol–water partition coefficient (Wildman–Crippen LogP) is 2.58. The van der Waals surface area contributed by atoms with Crippen molar-refractivity contribution in [2.45, 2.75) is 42.7 Å². The Labute approximate surface area is 189 Å². The first kappa shape index (κ1) is 22.1. The Kier molecular flexibility index (Phi) is 5.83. The predicted molar refractivity (Wildman–Crippen MR) is 121 cm³/mol. The van der Waals surface area contributed by atoms with E-state index >= 15 is 0 Å². The molecule has 0 amide bonds. The lowest BCUT2D eigenvalue weighted by Gasteiger charge is -2.27. The second-order valence-electron chi connectivity index (χ2n) is 7.75. The number of hydrogen-bond donors (Lipinski definition) is 4. The van der Waals surface area contributed by atoms with Gasteiger partial charge in [0.15, 0.2) is 5.69 Å². The van der Waals surface area contributed by atoms with Crippen LogP contribution in [0.2, 0.25) is 0 Å². The van der Waals surface area contributed by atoms with E-state index in [0.29, 0.717) is 34.2 Å². The Morgan fingerprint density at radius 2 is 2.06 bits per heavy atom. The molecule has 3 aromatic rings. The van der Waals surface area contributed by atoms with E-state index in [0.717, 1.165) is 12.8 Å². The molecule has 1 aromatic carbocycles. The molecule has 12 heteroatoms. The number of aliphatic hydroxyl groups is 1. The van der Waals surface area contributed by atoms with Crippen LogP contribution in [0.3, 0.4) is 0 Å². The minimum Gasteiger partial charge on any atom is -0.388 e. The number of anilines is 3. The molecule has 0 unspecified atom stereocenters. The molecule has 4 rings (SSSR count). The van der Waals surface area contributed by atoms with Gasteiger partial charge in [0, 0.05) is 17.3 Å². The fourth-order valence-corrected chi connectivity index (χ4v) is 4.83. The summed E-state index contributed by atoms with van der Waals surface area (Å²) < 4.78 is 22.9. The molecule has 32 heavy (non-hydrogen) atoms. The summed E-state index contributed by atoms with van der Waals surface area (Å²) in [7, 11) is -3.78. The number of rotatable bonds is 6. The number of thiazole rings is 1. The number of hydrogen-bond acceptors (Lipinski definition) is 10. The molecule has 1 aliphatic rings. The highest BCUT2D eigenvalue weighted by atomic mass is 32.2. The first-order chi connectivity index (χ1) is 15.2. The first-order valence-corrected chi connectivity index (χ1v) is 12.2. The van der Waals surface area contributed by atoms with Crippen molar-refractivity contribution in [3.63, 3.8) is 0 Å². The van der Waals surface area contributed by atoms with Crippen LogP contribution in [0.5, 0.6) is 0 Å². The Morgan fingerprint density at radius 1 is 1.31 bits per heavy atom. The molecule has 0 spiro atoms. The van der Waals surface area contributed by atoms with Crippen LogP contribution in [0.1, 0.15) is 31.9 Å². The number of benzene rings is 1. The molecule has 0 bridgehead atoms. The Hall–Kier alpha value is -3.11. The van der Waals surface area contributed by atoms with Crippen LogP contribution in [0.4, 0.5) is 17.5 Å². The molecule has 10 nitrogen and oxygen atoms in total. The smallest absolute Gasteiger partial charge is 0.238 e. The fourth-order valence-electron chi connectivity index (χ4n) is 3.56. The molecule has 2 aromatic heterocycles. The average molecular weight is 472 g/mol. The number of primary sulfonamides is 1. The lowest BCUT2D eigenvalue weighted by Crippen LogP contribution is -2.39. The van der Waals surface area contributed by atoms with E-state index in [9.17, 15) is 13.5 Å². The van der Waals surface area contributed by atoms with E-state index in [1.807, 2.05) is 6.07 Å². The summed E-state index contributed by atoms with van der Waals surface area (Å²) in [5.74, 6) is 0.754. The molecule has 2 atom stereocenters. The van der Waals surface area contributed by atoms with E-state index in [2.05, 4.69) is 25.6 Å². The van der Waals surface area contributed by atoms with Gasteiger partial charge in [-0.25, -0.2) is 23.5 Å². The van der Waals surface area contributed by atoms with E-state index < -0.39 is 15.6 Å². The molecule has 2 heterocycles. The summed E-state index contributed by atoms with van der Waals surface area (Å²) in [6.45, 7) is 1.79. The monoisotopic (exact) mass is 471 g/mol. The fraction of sp³-hybridized carbons (Fsp3) is 0.300. The molecule has 0 aliphatic heterocycles. The van der Waals surface area contributed by atoms with Crippen molar-refractivity contribution in [2.24, 2.45) is 5.14 Å². The van der Waals surface area contributed by atoms with Crippen LogP contribution in [0.15, 0.2) is 40.7 Å². The summed E-state index contributed by atoms with van der Waals surface area (Å²) >= 11 is 1.31. The molecular formula is C20H21N7O3S2. The van der Waals surface area contributed by atoms with Gasteiger partial charge in [0.1, 0.15) is 16.9 Å². The Bertz CT molecular complexity index is 1280. The zero-order chi connectivity index (χ0) is 22.9. The minimum atomic E-state index is -3.78. The van der Waals surface area contributed by atoms with E-state index in [1.54, 1.807) is 30.6 Å². The molecule has 0 saturated heterocycles. The topological polar surface area (TPSA) is 167 Å². The third-order valence-corrected chi connectivity index (χ3v) is 7.12. The van der Waals surface area contributed by atoms with Gasteiger partial charge in [0.05, 0.1) is 22.1 Å².